The fourth-order valence-electron chi connectivity index (χ4n) is 2.75. The second kappa shape index (κ2) is 7.74. The first-order valence-corrected chi connectivity index (χ1v) is 8.91. The van der Waals surface area contributed by atoms with E-state index in [0.29, 0.717) is 19.0 Å². The molecule has 0 atom stereocenters. The Morgan fingerprint density at radius 2 is 2.00 bits per heavy atom. The molecule has 0 saturated heterocycles. The Hall–Kier alpha value is -2.27. The van der Waals surface area contributed by atoms with E-state index in [2.05, 4.69) is 15.9 Å². The molecule has 130 valence electrons. The summed E-state index contributed by atoms with van der Waals surface area (Å²) >= 11 is 3.54. The smallest absolute Gasteiger partial charge is 0.310 e. The van der Waals surface area contributed by atoms with Crippen molar-refractivity contribution in [1.29, 1.82) is 0 Å². The Morgan fingerprint density at radius 3 is 2.80 bits per heavy atom. The van der Waals surface area contributed by atoms with Crippen molar-refractivity contribution in [3.63, 3.8) is 0 Å². The predicted molar refractivity (Wildman–Crippen MR) is 99.8 cm³/mol. The molecule has 0 fully saturated rings. The van der Waals surface area contributed by atoms with Crippen LogP contribution in [0, 0.1) is 6.92 Å². The van der Waals surface area contributed by atoms with Gasteiger partial charge in [-0.05, 0) is 59.1 Å². The lowest BCUT2D eigenvalue weighted by Gasteiger charge is -2.13. The molecule has 1 heterocycles. The quantitative estimate of drug-likeness (QED) is 0.532. The summed E-state index contributed by atoms with van der Waals surface area (Å²) in [6, 6.07) is 11.5. The maximum Gasteiger partial charge on any atom is 0.310 e. The Bertz CT molecular complexity index is 898. The third-order valence-corrected chi connectivity index (χ3v) is 4.65. The van der Waals surface area contributed by atoms with Crippen molar-refractivity contribution in [2.75, 3.05) is 6.61 Å². The Kier molecular flexibility index (Phi) is 5.43. The van der Waals surface area contributed by atoms with Crippen molar-refractivity contribution >= 4 is 32.9 Å². The van der Waals surface area contributed by atoms with Gasteiger partial charge in [-0.25, -0.2) is 0 Å². The number of halogens is 1. The van der Waals surface area contributed by atoms with Crippen LogP contribution in [0.2, 0.25) is 0 Å². The molecule has 0 radical (unpaired) electrons. The zero-order valence-electron chi connectivity index (χ0n) is 14.2. The number of carbonyl (C=O) groups is 1. The number of hydrogen-bond acceptors (Lipinski definition) is 4. The number of benzene rings is 2. The van der Waals surface area contributed by atoms with Crippen molar-refractivity contribution < 1.29 is 18.7 Å². The van der Waals surface area contributed by atoms with E-state index >= 15 is 0 Å². The summed E-state index contributed by atoms with van der Waals surface area (Å²) in [6.07, 6.45) is 1.88. The van der Waals surface area contributed by atoms with Crippen molar-refractivity contribution in [1.82, 2.24) is 0 Å². The second-order valence-corrected chi connectivity index (χ2v) is 6.54. The molecule has 3 aromatic rings. The van der Waals surface area contributed by atoms with Gasteiger partial charge in [0.1, 0.15) is 17.9 Å². The molecule has 0 aliphatic rings. The number of furan rings is 1. The highest BCUT2D eigenvalue weighted by Gasteiger charge is 2.13. The molecular weight excluding hydrogens is 384 g/mol. The van der Waals surface area contributed by atoms with Crippen LogP contribution in [0.1, 0.15) is 23.6 Å². The van der Waals surface area contributed by atoms with Crippen molar-refractivity contribution in [3.8, 4) is 5.75 Å². The monoisotopic (exact) mass is 402 g/mol. The maximum absolute atomic E-state index is 11.8. The van der Waals surface area contributed by atoms with Gasteiger partial charge in [-0.3, -0.25) is 4.79 Å². The van der Waals surface area contributed by atoms with Gasteiger partial charge in [-0.15, -0.1) is 0 Å². The van der Waals surface area contributed by atoms with Gasteiger partial charge in [-0.2, -0.15) is 0 Å². The van der Waals surface area contributed by atoms with Crippen LogP contribution in [-0.4, -0.2) is 12.6 Å². The fraction of sp³-hybridized carbons (Fsp3) is 0.250. The van der Waals surface area contributed by atoms with Gasteiger partial charge in [-0.1, -0.05) is 18.2 Å². The van der Waals surface area contributed by atoms with E-state index in [9.17, 15) is 4.79 Å². The van der Waals surface area contributed by atoms with Crippen LogP contribution in [-0.2, 0) is 22.6 Å². The zero-order chi connectivity index (χ0) is 17.8. The van der Waals surface area contributed by atoms with Crippen molar-refractivity contribution in [2.24, 2.45) is 0 Å². The lowest BCUT2D eigenvalue weighted by molar-refractivity contribution is -0.142. The molecule has 0 aliphatic heterocycles. The normalized spacial score (nSPS) is 10.8. The summed E-state index contributed by atoms with van der Waals surface area (Å²) in [7, 11) is 0. The van der Waals surface area contributed by atoms with Gasteiger partial charge in [0.05, 0.1) is 23.8 Å². The molecule has 2 aromatic carbocycles. The highest BCUT2D eigenvalue weighted by Crippen LogP contribution is 2.31. The number of ether oxygens (including phenoxy) is 2. The summed E-state index contributed by atoms with van der Waals surface area (Å²) < 4.78 is 17.4. The van der Waals surface area contributed by atoms with Crippen molar-refractivity contribution in [3.05, 3.63) is 63.8 Å². The zero-order valence-corrected chi connectivity index (χ0v) is 15.8. The molecule has 0 N–H and O–H groups in total. The highest BCUT2D eigenvalue weighted by atomic mass is 79.9. The van der Waals surface area contributed by atoms with E-state index in [1.807, 2.05) is 43.3 Å². The SMILES string of the molecule is CCOC(=O)Cc1ccccc1OCc1cc(Br)c2occc2c1C. The standard InChI is InChI=1S/C20H19BrO4/c1-3-23-19(22)11-14-6-4-5-7-18(14)25-12-15-10-17(21)20-16(13(15)2)8-9-24-20/h4-10H,3,11-12H2,1-2H3. The van der Waals surface area contributed by atoms with Crippen LogP contribution in [0.15, 0.2) is 51.6 Å². The maximum atomic E-state index is 11.8. The van der Waals surface area contributed by atoms with Gasteiger partial charge >= 0.3 is 5.97 Å². The number of esters is 1. The van der Waals surface area contributed by atoms with Gasteiger partial charge in [0.2, 0.25) is 0 Å². The number of fused-ring (bicyclic) bond motifs is 1. The number of aryl methyl sites for hydroxylation is 1. The van der Waals surface area contributed by atoms with Crippen LogP contribution in [0.4, 0.5) is 0 Å². The minimum Gasteiger partial charge on any atom is -0.489 e. The van der Waals surface area contributed by atoms with E-state index in [4.69, 9.17) is 13.9 Å². The summed E-state index contributed by atoms with van der Waals surface area (Å²) in [5, 5.41) is 1.06. The average molecular weight is 403 g/mol. The van der Waals surface area contributed by atoms with Crippen LogP contribution in [0.3, 0.4) is 0 Å². The van der Waals surface area contributed by atoms with Crippen LogP contribution >= 0.6 is 15.9 Å². The van der Waals surface area contributed by atoms with Crippen molar-refractivity contribution in [2.45, 2.75) is 26.9 Å². The Balaban J connectivity index is 1.80. The first-order valence-electron chi connectivity index (χ1n) is 8.11. The Labute approximate surface area is 154 Å². The Morgan fingerprint density at radius 1 is 1.20 bits per heavy atom. The summed E-state index contributed by atoms with van der Waals surface area (Å²) in [6.45, 7) is 4.63. The minimum absolute atomic E-state index is 0.202. The van der Waals surface area contributed by atoms with E-state index in [1.165, 1.54) is 0 Å². The molecule has 25 heavy (non-hydrogen) atoms. The van der Waals surface area contributed by atoms with Crippen LogP contribution in [0.25, 0.3) is 11.0 Å². The minimum atomic E-state index is -0.253. The number of hydrogen-bond donors (Lipinski definition) is 0. The van der Waals surface area contributed by atoms with E-state index in [1.54, 1.807) is 13.2 Å². The number of para-hydroxylation sites is 1. The molecule has 0 bridgehead atoms. The predicted octanol–water partition coefficient (Wildman–Crippen LogP) is 5.19. The molecule has 0 amide bonds. The summed E-state index contributed by atoms with van der Waals surface area (Å²) in [4.78, 5) is 11.8. The lowest BCUT2D eigenvalue weighted by atomic mass is 10.1. The third-order valence-electron chi connectivity index (χ3n) is 4.06. The molecule has 0 unspecified atom stereocenters. The number of rotatable bonds is 6. The molecule has 1 aromatic heterocycles. The molecule has 0 aliphatic carbocycles. The summed E-state index contributed by atoms with van der Waals surface area (Å²) in [5.41, 5.74) is 3.84. The molecule has 4 nitrogen and oxygen atoms in total. The largest absolute Gasteiger partial charge is 0.489 e. The first-order chi connectivity index (χ1) is 12.1. The van der Waals surface area contributed by atoms with E-state index in [0.717, 1.165) is 32.1 Å². The van der Waals surface area contributed by atoms with Gasteiger partial charge in [0.15, 0.2) is 0 Å². The topological polar surface area (TPSA) is 48.7 Å². The number of carbonyl (C=O) groups excluding carboxylic acids is 1. The third kappa shape index (κ3) is 3.87. The lowest BCUT2D eigenvalue weighted by Crippen LogP contribution is -2.09. The first kappa shape index (κ1) is 17.5. The van der Waals surface area contributed by atoms with Crippen LogP contribution in [0.5, 0.6) is 5.75 Å². The highest BCUT2D eigenvalue weighted by molar-refractivity contribution is 9.10. The van der Waals surface area contributed by atoms with E-state index < -0.39 is 0 Å². The second-order valence-electron chi connectivity index (χ2n) is 5.68. The fourth-order valence-corrected chi connectivity index (χ4v) is 3.34. The van der Waals surface area contributed by atoms with Crippen LogP contribution < -0.4 is 4.74 Å². The van der Waals surface area contributed by atoms with Gasteiger partial charge in [0, 0.05) is 10.9 Å². The molecule has 0 saturated carbocycles. The summed E-state index contributed by atoms with van der Waals surface area (Å²) in [5.74, 6) is 0.440. The molecule has 5 heteroatoms. The van der Waals surface area contributed by atoms with Gasteiger partial charge in [0.25, 0.3) is 0 Å². The average Bonchev–Trinajstić information content (AvgIpc) is 3.09. The molecule has 3 rings (SSSR count). The van der Waals surface area contributed by atoms with E-state index in [-0.39, 0.29) is 12.4 Å². The molecular formula is C20H19BrO4. The molecule has 0 spiro atoms. The van der Waals surface area contributed by atoms with Gasteiger partial charge < -0.3 is 13.9 Å².